The molecule has 1 heterocycles. The van der Waals surface area contributed by atoms with E-state index in [0.29, 0.717) is 0 Å². The van der Waals surface area contributed by atoms with Gasteiger partial charge in [0.2, 0.25) is 0 Å². The summed E-state index contributed by atoms with van der Waals surface area (Å²) in [5.41, 5.74) is 1.21. The van der Waals surface area contributed by atoms with Crippen molar-refractivity contribution in [2.75, 3.05) is 6.54 Å². The van der Waals surface area contributed by atoms with Gasteiger partial charge in [-0.15, -0.1) is 11.8 Å². The lowest BCUT2D eigenvalue weighted by Gasteiger charge is -1.97. The van der Waals surface area contributed by atoms with Crippen LogP contribution in [-0.2, 0) is 13.6 Å². The Bertz CT molecular complexity index is 303. The molecule has 0 saturated heterocycles. The Morgan fingerprint density at radius 1 is 1.62 bits per heavy atom. The molecule has 0 aliphatic rings. The third-order valence-electron chi connectivity index (χ3n) is 1.69. The van der Waals surface area contributed by atoms with Crippen molar-refractivity contribution < 1.29 is 0 Å². The highest BCUT2D eigenvalue weighted by molar-refractivity contribution is 5.03. The number of aromatic nitrogens is 2. The maximum Gasteiger partial charge on any atom is 0.0534 e. The van der Waals surface area contributed by atoms with Gasteiger partial charge in [0.05, 0.1) is 6.20 Å². The lowest BCUT2D eigenvalue weighted by atomic mass is 10.3. The molecule has 1 aromatic heterocycles. The molecule has 0 amide bonds. The molecule has 1 rings (SSSR count). The van der Waals surface area contributed by atoms with Gasteiger partial charge in [0, 0.05) is 38.3 Å². The van der Waals surface area contributed by atoms with Crippen LogP contribution in [-0.4, -0.2) is 16.3 Å². The van der Waals surface area contributed by atoms with Gasteiger partial charge in [-0.1, -0.05) is 0 Å². The topological polar surface area (TPSA) is 29.9 Å². The smallest absolute Gasteiger partial charge is 0.0534 e. The minimum absolute atomic E-state index is 0.874. The molecule has 1 aromatic rings. The molecule has 0 radical (unpaired) electrons. The lowest BCUT2D eigenvalue weighted by molar-refractivity contribution is 0.699. The van der Waals surface area contributed by atoms with Gasteiger partial charge < -0.3 is 5.32 Å². The summed E-state index contributed by atoms with van der Waals surface area (Å²) >= 11 is 0. The SMILES string of the molecule is CC#CCCNCc1cnn(C)c1. The zero-order valence-corrected chi connectivity index (χ0v) is 8.17. The number of nitrogens with one attached hydrogen (secondary N) is 1. The number of hydrogen-bond donors (Lipinski definition) is 1. The predicted molar refractivity (Wildman–Crippen MR) is 53.0 cm³/mol. The van der Waals surface area contributed by atoms with Crippen LogP contribution in [0.3, 0.4) is 0 Å². The van der Waals surface area contributed by atoms with Gasteiger partial charge in [0.15, 0.2) is 0 Å². The predicted octanol–water partition coefficient (Wildman–Crippen LogP) is 0.923. The Morgan fingerprint density at radius 3 is 3.08 bits per heavy atom. The Balaban J connectivity index is 2.15. The summed E-state index contributed by atoms with van der Waals surface area (Å²) in [5.74, 6) is 5.87. The first-order chi connectivity index (χ1) is 6.33. The molecule has 13 heavy (non-hydrogen) atoms. The average Bonchev–Trinajstić information content (AvgIpc) is 2.51. The molecule has 0 bridgehead atoms. The number of hydrogen-bond acceptors (Lipinski definition) is 2. The fraction of sp³-hybridized carbons (Fsp3) is 0.500. The molecule has 0 atom stereocenters. The van der Waals surface area contributed by atoms with Crippen LogP contribution in [0.5, 0.6) is 0 Å². The second-order valence-corrected chi connectivity index (χ2v) is 2.88. The van der Waals surface area contributed by atoms with Gasteiger partial charge in [-0.3, -0.25) is 4.68 Å². The molecular formula is C10H15N3. The van der Waals surface area contributed by atoms with Crippen LogP contribution in [0.1, 0.15) is 18.9 Å². The van der Waals surface area contributed by atoms with Crippen molar-refractivity contribution in [3.8, 4) is 11.8 Å². The van der Waals surface area contributed by atoms with Gasteiger partial charge in [0.1, 0.15) is 0 Å². The Hall–Kier alpha value is -1.27. The average molecular weight is 177 g/mol. The van der Waals surface area contributed by atoms with Gasteiger partial charge in [-0.25, -0.2) is 0 Å². The van der Waals surface area contributed by atoms with Gasteiger partial charge >= 0.3 is 0 Å². The summed E-state index contributed by atoms with van der Waals surface area (Å²) in [6.07, 6.45) is 4.80. The summed E-state index contributed by atoms with van der Waals surface area (Å²) in [4.78, 5) is 0. The Morgan fingerprint density at radius 2 is 2.46 bits per heavy atom. The van der Waals surface area contributed by atoms with Crippen LogP contribution in [0, 0.1) is 11.8 Å². The molecule has 0 aromatic carbocycles. The van der Waals surface area contributed by atoms with E-state index in [1.807, 2.05) is 31.0 Å². The van der Waals surface area contributed by atoms with E-state index in [9.17, 15) is 0 Å². The molecule has 0 saturated carbocycles. The molecule has 1 N–H and O–H groups in total. The third kappa shape index (κ3) is 3.77. The highest BCUT2D eigenvalue weighted by atomic mass is 15.2. The minimum atomic E-state index is 0.874. The first-order valence-corrected chi connectivity index (χ1v) is 4.41. The highest BCUT2D eigenvalue weighted by Gasteiger charge is 1.93. The molecule has 0 aliphatic heterocycles. The standard InChI is InChI=1S/C10H15N3/c1-3-4-5-6-11-7-10-8-12-13(2)9-10/h8-9,11H,5-7H2,1-2H3. The quantitative estimate of drug-likeness (QED) is 0.547. The van der Waals surface area contributed by atoms with Crippen LogP contribution in [0.15, 0.2) is 12.4 Å². The van der Waals surface area contributed by atoms with E-state index in [0.717, 1.165) is 19.5 Å². The van der Waals surface area contributed by atoms with Crippen molar-refractivity contribution in [2.45, 2.75) is 19.9 Å². The van der Waals surface area contributed by atoms with Crippen LogP contribution >= 0.6 is 0 Å². The van der Waals surface area contributed by atoms with E-state index in [1.165, 1.54) is 5.56 Å². The summed E-state index contributed by atoms with van der Waals surface area (Å²) in [7, 11) is 1.92. The van der Waals surface area contributed by atoms with Crippen molar-refractivity contribution >= 4 is 0 Å². The Labute approximate surface area is 79.1 Å². The van der Waals surface area contributed by atoms with E-state index in [1.54, 1.807) is 0 Å². The number of rotatable bonds is 4. The molecule has 0 spiro atoms. The van der Waals surface area contributed by atoms with Crippen molar-refractivity contribution in [2.24, 2.45) is 7.05 Å². The first-order valence-electron chi connectivity index (χ1n) is 4.41. The number of aryl methyl sites for hydroxylation is 1. The van der Waals surface area contributed by atoms with Crippen molar-refractivity contribution in [1.29, 1.82) is 0 Å². The maximum atomic E-state index is 4.08. The van der Waals surface area contributed by atoms with E-state index in [2.05, 4.69) is 22.3 Å². The van der Waals surface area contributed by atoms with Crippen LogP contribution in [0.4, 0.5) is 0 Å². The highest BCUT2D eigenvalue weighted by Crippen LogP contribution is 1.94. The summed E-state index contributed by atoms with van der Waals surface area (Å²) in [6.45, 7) is 3.68. The van der Waals surface area contributed by atoms with Crippen molar-refractivity contribution in [3.05, 3.63) is 18.0 Å². The molecule has 3 heteroatoms. The zero-order chi connectivity index (χ0) is 9.52. The van der Waals surface area contributed by atoms with Gasteiger partial charge in [0.25, 0.3) is 0 Å². The van der Waals surface area contributed by atoms with E-state index in [4.69, 9.17) is 0 Å². The summed E-state index contributed by atoms with van der Waals surface area (Å²) in [5, 5.41) is 7.37. The molecule has 0 aliphatic carbocycles. The summed E-state index contributed by atoms with van der Waals surface area (Å²) < 4.78 is 1.81. The zero-order valence-electron chi connectivity index (χ0n) is 8.17. The van der Waals surface area contributed by atoms with Crippen LogP contribution in [0.2, 0.25) is 0 Å². The first kappa shape index (κ1) is 9.82. The van der Waals surface area contributed by atoms with E-state index < -0.39 is 0 Å². The molecule has 0 fully saturated rings. The lowest BCUT2D eigenvalue weighted by Crippen LogP contribution is -2.13. The van der Waals surface area contributed by atoms with Gasteiger partial charge in [-0.2, -0.15) is 5.10 Å². The monoisotopic (exact) mass is 177 g/mol. The summed E-state index contributed by atoms with van der Waals surface area (Å²) in [6, 6.07) is 0. The molecule has 70 valence electrons. The molecule has 3 nitrogen and oxygen atoms in total. The van der Waals surface area contributed by atoms with Gasteiger partial charge in [-0.05, 0) is 6.92 Å². The molecule has 0 unspecified atom stereocenters. The number of nitrogens with zero attached hydrogens (tertiary/aromatic N) is 2. The Kier molecular flexibility index (Phi) is 4.07. The minimum Gasteiger partial charge on any atom is -0.312 e. The maximum absolute atomic E-state index is 4.08. The van der Waals surface area contributed by atoms with Crippen molar-refractivity contribution in [1.82, 2.24) is 15.1 Å². The third-order valence-corrected chi connectivity index (χ3v) is 1.69. The second-order valence-electron chi connectivity index (χ2n) is 2.88. The molecular weight excluding hydrogens is 162 g/mol. The fourth-order valence-corrected chi connectivity index (χ4v) is 1.07. The normalized spacial score (nSPS) is 9.38. The van der Waals surface area contributed by atoms with E-state index in [-0.39, 0.29) is 0 Å². The van der Waals surface area contributed by atoms with Crippen LogP contribution in [0.25, 0.3) is 0 Å². The van der Waals surface area contributed by atoms with E-state index >= 15 is 0 Å². The second kappa shape index (κ2) is 5.39. The van der Waals surface area contributed by atoms with Crippen molar-refractivity contribution in [3.63, 3.8) is 0 Å². The fourth-order valence-electron chi connectivity index (χ4n) is 1.07. The van der Waals surface area contributed by atoms with Crippen LogP contribution < -0.4 is 5.32 Å². The largest absolute Gasteiger partial charge is 0.312 e.